The molecule has 0 fully saturated rings. The number of hydrogen-bond acceptors (Lipinski definition) is 4. The minimum Gasteiger partial charge on any atom is -0.387 e. The number of aliphatic hydroxyl groups is 1. The highest BCUT2D eigenvalue weighted by atomic mass is 32.2. The van der Waals surface area contributed by atoms with E-state index in [4.69, 9.17) is 0 Å². The Labute approximate surface area is 131 Å². The highest BCUT2D eigenvalue weighted by Crippen LogP contribution is 2.07. The van der Waals surface area contributed by atoms with Crippen LogP contribution >= 0.6 is 11.8 Å². The molecule has 4 nitrogen and oxygen atoms in total. The maximum absolute atomic E-state index is 11.7. The average Bonchev–Trinajstić information content (AvgIpc) is 2.41. The van der Waals surface area contributed by atoms with Crippen molar-refractivity contribution in [3.63, 3.8) is 0 Å². The summed E-state index contributed by atoms with van der Waals surface area (Å²) in [7, 11) is 3.80. The zero-order valence-electron chi connectivity index (χ0n) is 13.1. The predicted molar refractivity (Wildman–Crippen MR) is 89.7 cm³/mol. The first kappa shape index (κ1) is 18.0. The van der Waals surface area contributed by atoms with Crippen LogP contribution in [0.15, 0.2) is 30.3 Å². The summed E-state index contributed by atoms with van der Waals surface area (Å²) in [5.41, 5.74) is 0.396. The van der Waals surface area contributed by atoms with E-state index < -0.39 is 5.60 Å². The van der Waals surface area contributed by atoms with Gasteiger partial charge in [-0.25, -0.2) is 0 Å². The van der Waals surface area contributed by atoms with Crippen LogP contribution in [0, 0.1) is 0 Å². The molecule has 1 unspecified atom stereocenters. The number of rotatable bonds is 9. The number of thioether (sulfide) groups is 1. The molecule has 0 aromatic heterocycles. The van der Waals surface area contributed by atoms with Crippen molar-refractivity contribution in [2.24, 2.45) is 0 Å². The highest BCUT2D eigenvalue weighted by molar-refractivity contribution is 7.99. The van der Waals surface area contributed by atoms with E-state index in [2.05, 4.69) is 17.4 Å². The molecule has 1 atom stereocenters. The van der Waals surface area contributed by atoms with Gasteiger partial charge in [-0.1, -0.05) is 30.3 Å². The zero-order valence-corrected chi connectivity index (χ0v) is 13.9. The standard InChI is InChI=1S/C16H26N2O2S/c1-16(20,13-18(2)3)12-17-15(19)11-21-10-9-14-7-5-4-6-8-14/h4-8,20H,9-13H2,1-3H3,(H,17,19). The Morgan fingerprint density at radius 3 is 2.62 bits per heavy atom. The first-order valence-electron chi connectivity index (χ1n) is 7.14. The molecule has 0 aliphatic heterocycles. The van der Waals surface area contributed by atoms with Crippen LogP contribution in [0.3, 0.4) is 0 Å². The fourth-order valence-corrected chi connectivity index (χ4v) is 2.89. The predicted octanol–water partition coefficient (Wildman–Crippen LogP) is 1.39. The van der Waals surface area contributed by atoms with Crippen molar-refractivity contribution in [2.75, 3.05) is 38.7 Å². The summed E-state index contributed by atoms with van der Waals surface area (Å²) in [5.74, 6) is 1.34. The number of amides is 1. The van der Waals surface area contributed by atoms with Gasteiger partial charge in [0.2, 0.25) is 5.91 Å². The van der Waals surface area contributed by atoms with Crippen molar-refractivity contribution >= 4 is 17.7 Å². The number of carbonyl (C=O) groups is 1. The van der Waals surface area contributed by atoms with E-state index in [0.717, 1.165) is 12.2 Å². The molecular formula is C16H26N2O2S. The van der Waals surface area contributed by atoms with Gasteiger partial charge in [0.1, 0.15) is 0 Å². The Bertz CT molecular complexity index is 422. The third-order valence-corrected chi connectivity index (χ3v) is 3.89. The third-order valence-electron chi connectivity index (χ3n) is 2.93. The zero-order chi connectivity index (χ0) is 15.7. The van der Waals surface area contributed by atoms with Crippen LogP contribution in [0.5, 0.6) is 0 Å². The summed E-state index contributed by atoms with van der Waals surface area (Å²) in [6.07, 6.45) is 0.969. The van der Waals surface area contributed by atoms with Crippen LogP contribution < -0.4 is 5.32 Å². The molecule has 118 valence electrons. The largest absolute Gasteiger partial charge is 0.387 e. The molecule has 1 aromatic carbocycles. The van der Waals surface area contributed by atoms with Crippen molar-refractivity contribution < 1.29 is 9.90 Å². The normalized spacial score (nSPS) is 14.0. The van der Waals surface area contributed by atoms with Crippen LogP contribution in [0.2, 0.25) is 0 Å². The van der Waals surface area contributed by atoms with Gasteiger partial charge in [0.15, 0.2) is 0 Å². The smallest absolute Gasteiger partial charge is 0.230 e. The molecule has 5 heteroatoms. The Hall–Kier alpha value is -1.04. The van der Waals surface area contributed by atoms with Crippen LogP contribution in [0.4, 0.5) is 0 Å². The summed E-state index contributed by atoms with van der Waals surface area (Å²) in [6.45, 7) is 2.54. The van der Waals surface area contributed by atoms with Crippen LogP contribution in [-0.2, 0) is 11.2 Å². The van der Waals surface area contributed by atoms with E-state index in [1.54, 1.807) is 18.7 Å². The molecule has 1 aromatic rings. The number of nitrogens with one attached hydrogen (secondary N) is 1. The van der Waals surface area contributed by atoms with Crippen molar-refractivity contribution in [1.29, 1.82) is 0 Å². The van der Waals surface area contributed by atoms with Crippen molar-refractivity contribution in [3.05, 3.63) is 35.9 Å². The Balaban J connectivity index is 2.14. The average molecular weight is 310 g/mol. The molecule has 0 heterocycles. The summed E-state index contributed by atoms with van der Waals surface area (Å²) in [5, 5.41) is 12.9. The molecule has 2 N–H and O–H groups in total. The minimum absolute atomic E-state index is 0.0212. The lowest BCUT2D eigenvalue weighted by Crippen LogP contribution is -2.47. The Morgan fingerprint density at radius 1 is 1.33 bits per heavy atom. The van der Waals surface area contributed by atoms with Crippen molar-refractivity contribution in [1.82, 2.24) is 10.2 Å². The molecule has 0 saturated carbocycles. The topological polar surface area (TPSA) is 52.6 Å². The number of likely N-dealkylation sites (N-methyl/N-ethyl adjacent to an activating group) is 1. The first-order valence-corrected chi connectivity index (χ1v) is 8.30. The van der Waals surface area contributed by atoms with Crippen LogP contribution in [0.25, 0.3) is 0 Å². The van der Waals surface area contributed by atoms with E-state index in [1.165, 1.54) is 5.56 Å². The van der Waals surface area contributed by atoms with Gasteiger partial charge in [0.05, 0.1) is 11.4 Å². The molecule has 0 radical (unpaired) electrons. The molecule has 1 amide bonds. The van der Waals surface area contributed by atoms with Gasteiger partial charge in [-0.15, -0.1) is 0 Å². The summed E-state index contributed by atoms with van der Waals surface area (Å²) >= 11 is 1.62. The maximum atomic E-state index is 11.7. The second kappa shape index (κ2) is 9.07. The van der Waals surface area contributed by atoms with Crippen molar-refractivity contribution in [2.45, 2.75) is 18.9 Å². The molecule has 0 aliphatic carbocycles. The van der Waals surface area contributed by atoms with E-state index in [1.807, 2.05) is 37.2 Å². The molecule has 21 heavy (non-hydrogen) atoms. The van der Waals surface area contributed by atoms with Gasteiger partial charge in [-0.3, -0.25) is 4.79 Å². The molecule has 0 saturated heterocycles. The van der Waals surface area contributed by atoms with Gasteiger partial charge < -0.3 is 15.3 Å². The molecule has 0 aliphatic rings. The number of aryl methyl sites for hydroxylation is 1. The minimum atomic E-state index is -0.895. The number of benzene rings is 1. The quantitative estimate of drug-likeness (QED) is 0.677. The first-order chi connectivity index (χ1) is 9.89. The number of nitrogens with zero attached hydrogens (tertiary/aromatic N) is 1. The second-order valence-electron chi connectivity index (χ2n) is 5.80. The van der Waals surface area contributed by atoms with E-state index in [0.29, 0.717) is 12.3 Å². The fourth-order valence-electron chi connectivity index (χ4n) is 2.08. The summed E-state index contributed by atoms with van der Waals surface area (Å²) in [4.78, 5) is 13.6. The van der Waals surface area contributed by atoms with Gasteiger partial charge in [0.25, 0.3) is 0 Å². The summed E-state index contributed by atoms with van der Waals surface area (Å²) in [6, 6.07) is 10.3. The Morgan fingerprint density at radius 2 is 2.00 bits per heavy atom. The lowest BCUT2D eigenvalue weighted by Gasteiger charge is -2.27. The number of carbonyl (C=O) groups excluding carboxylic acids is 1. The highest BCUT2D eigenvalue weighted by Gasteiger charge is 2.21. The van der Waals surface area contributed by atoms with Gasteiger partial charge >= 0.3 is 0 Å². The van der Waals surface area contributed by atoms with Gasteiger partial charge in [-0.05, 0) is 38.8 Å². The summed E-state index contributed by atoms with van der Waals surface area (Å²) < 4.78 is 0. The van der Waals surface area contributed by atoms with E-state index in [-0.39, 0.29) is 12.5 Å². The van der Waals surface area contributed by atoms with Crippen molar-refractivity contribution in [3.8, 4) is 0 Å². The third kappa shape index (κ3) is 8.75. The van der Waals surface area contributed by atoms with E-state index in [9.17, 15) is 9.90 Å². The lowest BCUT2D eigenvalue weighted by atomic mass is 10.1. The van der Waals surface area contributed by atoms with Crippen LogP contribution in [0.1, 0.15) is 12.5 Å². The Kier molecular flexibility index (Phi) is 7.78. The number of hydrogen-bond donors (Lipinski definition) is 2. The monoisotopic (exact) mass is 310 g/mol. The SMILES string of the molecule is CN(C)CC(C)(O)CNC(=O)CSCCc1ccccc1. The lowest BCUT2D eigenvalue weighted by molar-refractivity contribution is -0.119. The maximum Gasteiger partial charge on any atom is 0.230 e. The molecule has 1 rings (SSSR count). The van der Waals surface area contributed by atoms with Crippen LogP contribution in [-0.4, -0.2) is 60.2 Å². The van der Waals surface area contributed by atoms with Gasteiger partial charge in [0, 0.05) is 13.1 Å². The van der Waals surface area contributed by atoms with E-state index >= 15 is 0 Å². The molecular weight excluding hydrogens is 284 g/mol. The second-order valence-corrected chi connectivity index (χ2v) is 6.90. The fraction of sp³-hybridized carbons (Fsp3) is 0.562. The molecule has 0 bridgehead atoms. The van der Waals surface area contributed by atoms with Gasteiger partial charge in [-0.2, -0.15) is 11.8 Å². The molecule has 0 spiro atoms.